The van der Waals surface area contributed by atoms with Crippen LogP contribution in [0.3, 0.4) is 0 Å². The topological polar surface area (TPSA) is 73.2 Å². The summed E-state index contributed by atoms with van der Waals surface area (Å²) in [5, 5.41) is 11.6. The van der Waals surface area contributed by atoms with Crippen molar-refractivity contribution in [3.8, 4) is 6.07 Å². The molecule has 0 atom stereocenters. The molecule has 2 fully saturated rings. The number of hydrogen-bond donors (Lipinski definition) is 1. The standard InChI is InChI=1S/C12H17N3O2/c13-9-12(4-3-5-12)11(17)14-8-10(16)15-6-1-2-7-15/h1-8H2,(H,14,17). The summed E-state index contributed by atoms with van der Waals surface area (Å²) in [4.78, 5) is 25.3. The third kappa shape index (κ3) is 2.26. The molecule has 5 nitrogen and oxygen atoms in total. The molecule has 1 N–H and O–H groups in total. The van der Waals surface area contributed by atoms with Crippen LogP contribution in [0.25, 0.3) is 0 Å². The molecule has 0 aromatic rings. The molecule has 5 heteroatoms. The maximum Gasteiger partial charge on any atom is 0.241 e. The maximum atomic E-state index is 11.8. The molecule has 1 aliphatic carbocycles. The number of nitrogens with one attached hydrogen (secondary N) is 1. The van der Waals surface area contributed by atoms with Gasteiger partial charge in [0.2, 0.25) is 11.8 Å². The first kappa shape index (κ1) is 11.9. The molecule has 0 aromatic carbocycles. The van der Waals surface area contributed by atoms with Gasteiger partial charge in [-0.1, -0.05) is 0 Å². The third-order valence-electron chi connectivity index (χ3n) is 3.71. The maximum absolute atomic E-state index is 11.8. The summed E-state index contributed by atoms with van der Waals surface area (Å²) in [5.74, 6) is -0.318. The largest absolute Gasteiger partial charge is 0.346 e. The Morgan fingerprint density at radius 2 is 1.88 bits per heavy atom. The lowest BCUT2D eigenvalue weighted by Gasteiger charge is -2.33. The predicted molar refractivity (Wildman–Crippen MR) is 60.7 cm³/mol. The molecule has 1 saturated heterocycles. The first-order valence-electron chi connectivity index (χ1n) is 6.15. The van der Waals surface area contributed by atoms with E-state index in [4.69, 9.17) is 5.26 Å². The van der Waals surface area contributed by atoms with Crippen LogP contribution in [0.2, 0.25) is 0 Å². The number of rotatable bonds is 3. The molecule has 0 spiro atoms. The number of amides is 2. The van der Waals surface area contributed by atoms with Crippen LogP contribution in [0.4, 0.5) is 0 Å². The smallest absolute Gasteiger partial charge is 0.241 e. The Morgan fingerprint density at radius 1 is 1.24 bits per heavy atom. The zero-order valence-corrected chi connectivity index (χ0v) is 9.87. The fourth-order valence-corrected chi connectivity index (χ4v) is 2.32. The van der Waals surface area contributed by atoms with Crippen molar-refractivity contribution in [2.75, 3.05) is 19.6 Å². The first-order chi connectivity index (χ1) is 8.18. The van der Waals surface area contributed by atoms with Gasteiger partial charge in [-0.25, -0.2) is 0 Å². The second-order valence-corrected chi connectivity index (χ2v) is 4.82. The van der Waals surface area contributed by atoms with E-state index >= 15 is 0 Å². The average Bonchev–Trinajstić information content (AvgIpc) is 2.78. The van der Waals surface area contributed by atoms with Crippen LogP contribution < -0.4 is 5.32 Å². The first-order valence-corrected chi connectivity index (χ1v) is 6.15. The quantitative estimate of drug-likeness (QED) is 0.770. The van der Waals surface area contributed by atoms with Crippen molar-refractivity contribution in [3.05, 3.63) is 0 Å². The van der Waals surface area contributed by atoms with Gasteiger partial charge in [0.15, 0.2) is 0 Å². The SMILES string of the molecule is N#CC1(C(=O)NCC(=O)N2CCCC2)CCC1. The van der Waals surface area contributed by atoms with E-state index in [-0.39, 0.29) is 18.4 Å². The van der Waals surface area contributed by atoms with Crippen molar-refractivity contribution >= 4 is 11.8 Å². The lowest BCUT2D eigenvalue weighted by Crippen LogP contribution is -2.48. The van der Waals surface area contributed by atoms with Crippen LogP contribution >= 0.6 is 0 Å². The summed E-state index contributed by atoms with van der Waals surface area (Å²) in [5.41, 5.74) is -0.856. The molecular formula is C12H17N3O2. The molecule has 92 valence electrons. The van der Waals surface area contributed by atoms with E-state index in [2.05, 4.69) is 11.4 Å². The molecule has 17 heavy (non-hydrogen) atoms. The second kappa shape index (κ2) is 4.74. The second-order valence-electron chi connectivity index (χ2n) is 4.82. The normalized spacial score (nSPS) is 21.5. The van der Waals surface area contributed by atoms with Crippen LogP contribution in [0.5, 0.6) is 0 Å². The minimum Gasteiger partial charge on any atom is -0.346 e. The summed E-state index contributed by atoms with van der Waals surface area (Å²) in [6.45, 7) is 1.61. The van der Waals surface area contributed by atoms with Crippen LogP contribution in [0, 0.1) is 16.7 Å². The monoisotopic (exact) mass is 235 g/mol. The molecule has 1 aliphatic heterocycles. The van der Waals surface area contributed by atoms with E-state index in [9.17, 15) is 9.59 Å². The van der Waals surface area contributed by atoms with Gasteiger partial charge >= 0.3 is 0 Å². The molecule has 0 aromatic heterocycles. The van der Waals surface area contributed by atoms with Gasteiger partial charge in [0.1, 0.15) is 5.41 Å². The van der Waals surface area contributed by atoms with E-state index in [1.807, 2.05) is 0 Å². The highest BCUT2D eigenvalue weighted by Gasteiger charge is 2.44. The number of nitrogens with zero attached hydrogens (tertiary/aromatic N) is 2. The minimum absolute atomic E-state index is 0.0300. The zero-order valence-electron chi connectivity index (χ0n) is 9.87. The molecule has 0 radical (unpaired) electrons. The van der Waals surface area contributed by atoms with Crippen molar-refractivity contribution in [3.63, 3.8) is 0 Å². The van der Waals surface area contributed by atoms with Crippen LogP contribution in [0.1, 0.15) is 32.1 Å². The van der Waals surface area contributed by atoms with Crippen LogP contribution in [-0.2, 0) is 9.59 Å². The fraction of sp³-hybridized carbons (Fsp3) is 0.750. The van der Waals surface area contributed by atoms with Crippen molar-refractivity contribution in [2.24, 2.45) is 5.41 Å². The highest BCUT2D eigenvalue weighted by molar-refractivity contribution is 5.90. The Morgan fingerprint density at radius 3 is 2.35 bits per heavy atom. The summed E-state index contributed by atoms with van der Waals surface area (Å²) in [7, 11) is 0. The van der Waals surface area contributed by atoms with E-state index in [1.54, 1.807) is 4.90 Å². The highest BCUT2D eigenvalue weighted by atomic mass is 16.2. The number of carbonyl (C=O) groups is 2. The molecule has 0 bridgehead atoms. The lowest BCUT2D eigenvalue weighted by molar-refractivity contribution is -0.136. The Hall–Kier alpha value is -1.57. The van der Waals surface area contributed by atoms with E-state index < -0.39 is 5.41 Å². The molecule has 2 aliphatic rings. The highest BCUT2D eigenvalue weighted by Crippen LogP contribution is 2.40. The van der Waals surface area contributed by atoms with Gasteiger partial charge in [-0.3, -0.25) is 9.59 Å². The van der Waals surface area contributed by atoms with Gasteiger partial charge in [0.25, 0.3) is 0 Å². The fourth-order valence-electron chi connectivity index (χ4n) is 2.32. The zero-order chi connectivity index (χ0) is 12.3. The summed E-state index contributed by atoms with van der Waals surface area (Å²) < 4.78 is 0. The summed E-state index contributed by atoms with van der Waals surface area (Å²) in [6.07, 6.45) is 4.24. The number of likely N-dealkylation sites (tertiary alicyclic amines) is 1. The third-order valence-corrected chi connectivity index (χ3v) is 3.71. The molecule has 2 rings (SSSR count). The number of hydrogen-bond acceptors (Lipinski definition) is 3. The summed E-state index contributed by atoms with van der Waals surface area (Å²) in [6, 6.07) is 2.07. The van der Waals surface area contributed by atoms with E-state index in [0.29, 0.717) is 12.8 Å². The average molecular weight is 235 g/mol. The molecular weight excluding hydrogens is 218 g/mol. The van der Waals surface area contributed by atoms with E-state index in [1.165, 1.54) is 0 Å². The predicted octanol–water partition coefficient (Wildman–Crippen LogP) is 0.419. The van der Waals surface area contributed by atoms with Gasteiger partial charge in [-0.2, -0.15) is 5.26 Å². The Balaban J connectivity index is 1.80. The van der Waals surface area contributed by atoms with Crippen molar-refractivity contribution < 1.29 is 9.59 Å². The number of carbonyl (C=O) groups excluding carboxylic acids is 2. The Kier molecular flexibility index (Phi) is 3.32. The molecule has 2 amide bonds. The van der Waals surface area contributed by atoms with Crippen molar-refractivity contribution in [1.82, 2.24) is 10.2 Å². The summed E-state index contributed by atoms with van der Waals surface area (Å²) >= 11 is 0. The molecule has 1 saturated carbocycles. The van der Waals surface area contributed by atoms with E-state index in [0.717, 1.165) is 32.4 Å². The van der Waals surface area contributed by atoms with Crippen LogP contribution in [0.15, 0.2) is 0 Å². The van der Waals surface area contributed by atoms with Gasteiger partial charge in [-0.15, -0.1) is 0 Å². The van der Waals surface area contributed by atoms with Gasteiger partial charge in [-0.05, 0) is 32.1 Å². The minimum atomic E-state index is -0.856. The number of nitriles is 1. The van der Waals surface area contributed by atoms with Gasteiger partial charge in [0, 0.05) is 13.1 Å². The van der Waals surface area contributed by atoms with Crippen molar-refractivity contribution in [2.45, 2.75) is 32.1 Å². The molecule has 0 unspecified atom stereocenters. The van der Waals surface area contributed by atoms with Gasteiger partial charge in [0.05, 0.1) is 12.6 Å². The Bertz CT molecular complexity index is 362. The van der Waals surface area contributed by atoms with Crippen LogP contribution in [-0.4, -0.2) is 36.3 Å². The van der Waals surface area contributed by atoms with Gasteiger partial charge < -0.3 is 10.2 Å². The lowest BCUT2D eigenvalue weighted by atomic mass is 9.69. The van der Waals surface area contributed by atoms with Crippen molar-refractivity contribution in [1.29, 1.82) is 5.26 Å². The molecule has 1 heterocycles. The Labute approximate surface area is 101 Å².